The molecule has 26 heavy (non-hydrogen) atoms. The van der Waals surface area contributed by atoms with Gasteiger partial charge in [0.15, 0.2) is 5.54 Å². The Kier molecular flexibility index (Phi) is 4.09. The molecule has 0 spiro atoms. The van der Waals surface area contributed by atoms with E-state index in [0.717, 1.165) is 22.4 Å². The molecule has 0 bridgehead atoms. The van der Waals surface area contributed by atoms with Gasteiger partial charge in [0.25, 0.3) is 11.5 Å². The predicted octanol–water partition coefficient (Wildman–Crippen LogP) is 1.91. The second-order valence-corrected chi connectivity index (χ2v) is 6.03. The van der Waals surface area contributed by atoms with Crippen LogP contribution in [0.25, 0.3) is 0 Å². The van der Waals surface area contributed by atoms with E-state index in [9.17, 15) is 27.6 Å². The molecule has 2 heterocycles. The Morgan fingerprint density at radius 2 is 1.73 bits per heavy atom. The molecule has 2 N–H and O–H groups in total. The van der Waals surface area contributed by atoms with Crippen LogP contribution in [-0.2, 0) is 23.1 Å². The van der Waals surface area contributed by atoms with Gasteiger partial charge in [-0.1, -0.05) is 29.8 Å². The van der Waals surface area contributed by atoms with Gasteiger partial charge in [0.2, 0.25) is 0 Å². The molecule has 2 aromatic rings. The summed E-state index contributed by atoms with van der Waals surface area (Å²) < 4.78 is 39.7. The van der Waals surface area contributed by atoms with Gasteiger partial charge in [-0.3, -0.25) is 14.9 Å². The fraction of sp³-hybridized carbons (Fsp3) is 0.235. The highest BCUT2D eigenvalue weighted by atomic mass is 19.4. The molecule has 9 heteroatoms. The molecule has 6 nitrogen and oxygen atoms in total. The molecule has 3 amide bonds. The summed E-state index contributed by atoms with van der Waals surface area (Å²) in [5.41, 5.74) is -3.07. The molecule has 0 aliphatic carbocycles. The molecule has 3 rings (SSSR count). The Hall–Kier alpha value is -3.10. The Balaban J connectivity index is 2.12. The number of carbonyl (C=O) groups is 2. The zero-order valence-electron chi connectivity index (χ0n) is 13.6. The van der Waals surface area contributed by atoms with E-state index >= 15 is 0 Å². The topological polar surface area (TPSA) is 80.2 Å². The van der Waals surface area contributed by atoms with E-state index < -0.39 is 41.3 Å². The molecule has 1 atom stereocenters. The number of halogens is 3. The van der Waals surface area contributed by atoms with E-state index in [2.05, 4.69) is 10.6 Å². The van der Waals surface area contributed by atoms with E-state index in [1.165, 1.54) is 0 Å². The third-order valence-corrected chi connectivity index (χ3v) is 4.22. The number of rotatable bonds is 3. The van der Waals surface area contributed by atoms with Gasteiger partial charge < -0.3 is 9.88 Å². The number of hydrogen-bond donors (Lipinski definition) is 2. The van der Waals surface area contributed by atoms with Crippen molar-refractivity contribution in [1.82, 2.24) is 15.2 Å². The number of nitrogens with one attached hydrogen (secondary N) is 2. The quantitative estimate of drug-likeness (QED) is 0.816. The van der Waals surface area contributed by atoms with E-state index in [-0.39, 0.29) is 0 Å². The summed E-state index contributed by atoms with van der Waals surface area (Å²) in [5.74, 6) is -0.740. The number of imide groups is 1. The third kappa shape index (κ3) is 2.96. The number of amides is 3. The minimum atomic E-state index is -4.82. The molecule has 1 aromatic heterocycles. The summed E-state index contributed by atoms with van der Waals surface area (Å²) in [6, 6.07) is 7.52. The molecule has 1 aliphatic rings. The highest BCUT2D eigenvalue weighted by Crippen LogP contribution is 2.29. The second kappa shape index (κ2) is 6.01. The highest BCUT2D eigenvalue weighted by Gasteiger charge is 2.48. The second-order valence-electron chi connectivity index (χ2n) is 6.03. The third-order valence-electron chi connectivity index (χ3n) is 4.22. The van der Waals surface area contributed by atoms with Crippen LogP contribution in [-0.4, -0.2) is 16.5 Å². The Morgan fingerprint density at radius 1 is 1.08 bits per heavy atom. The van der Waals surface area contributed by atoms with Crippen molar-refractivity contribution < 1.29 is 22.8 Å². The van der Waals surface area contributed by atoms with Gasteiger partial charge >= 0.3 is 12.2 Å². The number of urea groups is 1. The molecule has 1 fully saturated rings. The van der Waals surface area contributed by atoms with Crippen LogP contribution in [0.4, 0.5) is 18.0 Å². The van der Waals surface area contributed by atoms with Gasteiger partial charge in [-0.25, -0.2) is 4.79 Å². The molecule has 1 aliphatic heterocycles. The lowest BCUT2D eigenvalue weighted by molar-refractivity contribution is -0.139. The monoisotopic (exact) mass is 365 g/mol. The van der Waals surface area contributed by atoms with Crippen molar-refractivity contribution in [2.75, 3.05) is 0 Å². The summed E-state index contributed by atoms with van der Waals surface area (Å²) in [4.78, 5) is 36.4. The van der Waals surface area contributed by atoms with Crippen LogP contribution >= 0.6 is 0 Å². The van der Waals surface area contributed by atoms with Gasteiger partial charge in [-0.2, -0.15) is 13.2 Å². The number of benzene rings is 1. The van der Waals surface area contributed by atoms with Crippen LogP contribution in [0.1, 0.15) is 16.7 Å². The van der Waals surface area contributed by atoms with Crippen molar-refractivity contribution in [2.45, 2.75) is 25.2 Å². The zero-order valence-corrected chi connectivity index (χ0v) is 13.6. The van der Waals surface area contributed by atoms with Gasteiger partial charge in [-0.15, -0.1) is 0 Å². The number of alkyl halides is 3. The summed E-state index contributed by atoms with van der Waals surface area (Å²) in [6.07, 6.45) is -3.68. The van der Waals surface area contributed by atoms with Crippen molar-refractivity contribution >= 4 is 11.9 Å². The SMILES string of the molecule is Cc1ccc(C2(Cn3cccc(C(F)(F)F)c3=O)NC(=O)NC2=O)cc1. The maximum Gasteiger partial charge on any atom is 0.421 e. The molecule has 136 valence electrons. The van der Waals surface area contributed by atoms with E-state index in [1.54, 1.807) is 24.3 Å². The Bertz CT molecular complexity index is 935. The van der Waals surface area contributed by atoms with E-state index in [0.29, 0.717) is 11.6 Å². The lowest BCUT2D eigenvalue weighted by Crippen LogP contribution is -2.49. The minimum absolute atomic E-state index is 0.357. The molecule has 1 unspecified atom stereocenters. The van der Waals surface area contributed by atoms with Crippen LogP contribution in [0.5, 0.6) is 0 Å². The fourth-order valence-electron chi connectivity index (χ4n) is 2.87. The van der Waals surface area contributed by atoms with Gasteiger partial charge in [0, 0.05) is 6.20 Å². The van der Waals surface area contributed by atoms with Crippen LogP contribution in [0.3, 0.4) is 0 Å². The predicted molar refractivity (Wildman–Crippen MR) is 85.2 cm³/mol. The maximum atomic E-state index is 13.0. The van der Waals surface area contributed by atoms with Gasteiger partial charge in [0.05, 0.1) is 6.54 Å². The average molecular weight is 365 g/mol. The lowest BCUT2D eigenvalue weighted by Gasteiger charge is -2.27. The molecular weight excluding hydrogens is 351 g/mol. The van der Waals surface area contributed by atoms with Crippen molar-refractivity contribution in [3.63, 3.8) is 0 Å². The smallest absolute Gasteiger partial charge is 0.318 e. The first-order valence-corrected chi connectivity index (χ1v) is 7.61. The van der Waals surface area contributed by atoms with Crippen molar-refractivity contribution in [2.24, 2.45) is 0 Å². The van der Waals surface area contributed by atoms with Crippen molar-refractivity contribution in [3.8, 4) is 0 Å². The van der Waals surface area contributed by atoms with Crippen LogP contribution in [0, 0.1) is 6.92 Å². The molecule has 0 saturated carbocycles. The summed E-state index contributed by atoms with van der Waals surface area (Å²) in [5, 5.41) is 4.53. The average Bonchev–Trinajstić information content (AvgIpc) is 2.83. The Labute approximate surface area is 145 Å². The van der Waals surface area contributed by atoms with Crippen molar-refractivity contribution in [3.05, 3.63) is 69.6 Å². The summed E-state index contributed by atoms with van der Waals surface area (Å²) in [6.45, 7) is 1.34. The molecule has 1 aromatic carbocycles. The molecule has 1 saturated heterocycles. The van der Waals surface area contributed by atoms with Crippen LogP contribution in [0.2, 0.25) is 0 Å². The number of nitrogens with zero attached hydrogens (tertiary/aromatic N) is 1. The number of aryl methyl sites for hydroxylation is 1. The van der Waals surface area contributed by atoms with Crippen LogP contribution < -0.4 is 16.2 Å². The minimum Gasteiger partial charge on any atom is -0.318 e. The number of pyridine rings is 1. The fourth-order valence-corrected chi connectivity index (χ4v) is 2.87. The molecule has 0 radical (unpaired) electrons. The first-order valence-electron chi connectivity index (χ1n) is 7.61. The maximum absolute atomic E-state index is 13.0. The first-order chi connectivity index (χ1) is 12.1. The lowest BCUT2D eigenvalue weighted by atomic mass is 9.89. The van der Waals surface area contributed by atoms with Gasteiger partial charge in [-0.05, 0) is 24.6 Å². The summed E-state index contributed by atoms with van der Waals surface area (Å²) >= 11 is 0. The van der Waals surface area contributed by atoms with Crippen LogP contribution in [0.15, 0.2) is 47.4 Å². The first kappa shape index (κ1) is 17.7. The number of carbonyl (C=O) groups excluding carboxylic acids is 2. The Morgan fingerprint density at radius 3 is 2.27 bits per heavy atom. The standard InChI is InChI=1S/C17H14F3N3O3/c1-10-4-6-11(7-5-10)16(14(25)21-15(26)22-16)9-23-8-2-3-12(13(23)24)17(18,19)20/h2-8H,9H2,1H3,(H2,21,22,25,26). The number of hydrogen-bond acceptors (Lipinski definition) is 3. The van der Waals surface area contributed by atoms with E-state index in [4.69, 9.17) is 0 Å². The largest absolute Gasteiger partial charge is 0.421 e. The molecular formula is C17H14F3N3O3. The normalized spacial score (nSPS) is 20.0. The summed E-state index contributed by atoms with van der Waals surface area (Å²) in [7, 11) is 0. The van der Waals surface area contributed by atoms with E-state index in [1.807, 2.05) is 6.92 Å². The van der Waals surface area contributed by atoms with Gasteiger partial charge in [0.1, 0.15) is 5.56 Å². The highest BCUT2D eigenvalue weighted by molar-refractivity contribution is 6.07. The number of aromatic nitrogens is 1. The van der Waals surface area contributed by atoms with Crippen molar-refractivity contribution in [1.29, 1.82) is 0 Å². The zero-order chi connectivity index (χ0) is 19.1.